The van der Waals surface area contributed by atoms with Crippen molar-refractivity contribution in [1.29, 1.82) is 0 Å². The zero-order valence-corrected chi connectivity index (χ0v) is 15.4. The number of ketones is 1. The van der Waals surface area contributed by atoms with E-state index in [0.717, 1.165) is 25.3 Å². The van der Waals surface area contributed by atoms with Crippen molar-refractivity contribution in [3.8, 4) is 11.5 Å². The van der Waals surface area contributed by atoms with Crippen LogP contribution < -0.4 is 4.74 Å². The quantitative estimate of drug-likeness (QED) is 0.888. The molecule has 1 aromatic rings. The van der Waals surface area contributed by atoms with Crippen LogP contribution in [0.4, 0.5) is 0 Å². The lowest BCUT2D eigenvalue weighted by Crippen LogP contribution is -2.68. The third-order valence-electron chi connectivity index (χ3n) is 8.26. The van der Waals surface area contributed by atoms with Gasteiger partial charge in [0.2, 0.25) is 0 Å². The molecule has 5 aliphatic rings. The van der Waals surface area contributed by atoms with Crippen LogP contribution in [-0.2, 0) is 16.6 Å². The summed E-state index contributed by atoms with van der Waals surface area (Å²) < 4.78 is 6.20. The fraction of sp³-hybridized carbons (Fsp3) is 0.682. The maximum absolute atomic E-state index is 12.9. The average Bonchev–Trinajstić information content (AvgIpc) is 2.92. The summed E-state index contributed by atoms with van der Waals surface area (Å²) in [4.78, 5) is 15.7. The number of ether oxygens (including phenoxy) is 1. The van der Waals surface area contributed by atoms with Gasteiger partial charge in [-0.05, 0) is 61.6 Å². The molecular weight excluding hydrogens is 326 g/mol. The molecule has 2 bridgehead atoms. The predicted octanol–water partition coefficient (Wildman–Crippen LogP) is 3.05. The number of hydrogen-bond acceptors (Lipinski definition) is 4. The van der Waals surface area contributed by atoms with E-state index in [9.17, 15) is 9.90 Å². The lowest BCUT2D eigenvalue weighted by molar-refractivity contribution is -0.144. The van der Waals surface area contributed by atoms with Crippen molar-refractivity contribution in [3.05, 3.63) is 23.3 Å². The highest BCUT2D eigenvalue weighted by molar-refractivity contribution is 5.89. The van der Waals surface area contributed by atoms with Gasteiger partial charge in [-0.15, -0.1) is 0 Å². The molecule has 1 N–H and O–H groups in total. The fourth-order valence-corrected chi connectivity index (χ4v) is 7.10. The number of hydrogen-bond donors (Lipinski definition) is 1. The summed E-state index contributed by atoms with van der Waals surface area (Å²) >= 11 is 0. The SMILES string of the molecule is CC1CC(=O)C2Oc3c(O)ccc4c3[C@@]23CCN(CC2CCC2)[C@H](C4)[C@H]13. The first-order valence-electron chi connectivity index (χ1n) is 10.4. The van der Waals surface area contributed by atoms with Gasteiger partial charge in [0.15, 0.2) is 23.4 Å². The van der Waals surface area contributed by atoms with Gasteiger partial charge in [0.1, 0.15) is 0 Å². The van der Waals surface area contributed by atoms with E-state index < -0.39 is 0 Å². The number of carbonyl (C=O) groups is 1. The van der Waals surface area contributed by atoms with E-state index in [2.05, 4.69) is 17.9 Å². The van der Waals surface area contributed by atoms with Gasteiger partial charge in [-0.25, -0.2) is 0 Å². The van der Waals surface area contributed by atoms with E-state index in [4.69, 9.17) is 4.74 Å². The Morgan fingerprint density at radius 2 is 2.15 bits per heavy atom. The zero-order valence-electron chi connectivity index (χ0n) is 15.4. The van der Waals surface area contributed by atoms with Crippen LogP contribution >= 0.6 is 0 Å². The van der Waals surface area contributed by atoms with Crippen LogP contribution in [0.25, 0.3) is 0 Å². The van der Waals surface area contributed by atoms with Gasteiger partial charge in [0, 0.05) is 30.0 Å². The average molecular weight is 353 g/mol. The molecule has 2 aliphatic heterocycles. The molecule has 4 nitrogen and oxygen atoms in total. The van der Waals surface area contributed by atoms with Crippen LogP contribution in [0.1, 0.15) is 50.2 Å². The molecule has 2 unspecified atom stereocenters. The Kier molecular flexibility index (Phi) is 3.00. The van der Waals surface area contributed by atoms with E-state index in [0.29, 0.717) is 30.0 Å². The van der Waals surface area contributed by atoms with Crippen LogP contribution in [-0.4, -0.2) is 41.0 Å². The van der Waals surface area contributed by atoms with Crippen LogP contribution in [0.5, 0.6) is 11.5 Å². The first kappa shape index (κ1) is 15.5. The predicted molar refractivity (Wildman–Crippen MR) is 97.5 cm³/mol. The largest absolute Gasteiger partial charge is 0.504 e. The first-order chi connectivity index (χ1) is 12.6. The highest BCUT2D eigenvalue weighted by Gasteiger charge is 2.67. The molecule has 2 saturated carbocycles. The van der Waals surface area contributed by atoms with Crippen molar-refractivity contribution in [3.63, 3.8) is 0 Å². The highest BCUT2D eigenvalue weighted by atomic mass is 16.5. The maximum atomic E-state index is 12.9. The van der Waals surface area contributed by atoms with Crippen molar-refractivity contribution in [2.45, 2.75) is 63.0 Å². The Balaban J connectivity index is 1.51. The number of phenols is 1. The molecule has 138 valence electrons. The smallest absolute Gasteiger partial charge is 0.174 e. The monoisotopic (exact) mass is 353 g/mol. The molecule has 0 amide bonds. The Labute approximate surface area is 154 Å². The highest BCUT2D eigenvalue weighted by Crippen LogP contribution is 2.64. The molecule has 0 radical (unpaired) electrons. The topological polar surface area (TPSA) is 49.8 Å². The molecular formula is C22H27NO3. The molecule has 1 saturated heterocycles. The van der Waals surface area contributed by atoms with Crippen molar-refractivity contribution in [2.24, 2.45) is 17.8 Å². The number of piperidine rings is 1. The van der Waals surface area contributed by atoms with Crippen molar-refractivity contribution in [2.75, 3.05) is 13.1 Å². The Morgan fingerprint density at radius 3 is 2.92 bits per heavy atom. The second-order valence-electron chi connectivity index (χ2n) is 9.47. The van der Waals surface area contributed by atoms with E-state index >= 15 is 0 Å². The number of carbonyl (C=O) groups excluding carboxylic acids is 1. The van der Waals surface area contributed by atoms with Gasteiger partial charge < -0.3 is 9.84 Å². The molecule has 0 aromatic heterocycles. The van der Waals surface area contributed by atoms with Crippen molar-refractivity contribution < 1.29 is 14.6 Å². The van der Waals surface area contributed by atoms with E-state index in [1.165, 1.54) is 36.9 Å². The van der Waals surface area contributed by atoms with Crippen LogP contribution in [0.15, 0.2) is 12.1 Å². The molecule has 2 heterocycles. The summed E-state index contributed by atoms with van der Waals surface area (Å²) in [6.07, 6.45) is 6.43. The van der Waals surface area contributed by atoms with E-state index in [-0.39, 0.29) is 23.1 Å². The van der Waals surface area contributed by atoms with E-state index in [1.807, 2.05) is 0 Å². The molecule has 1 aromatic carbocycles. The van der Waals surface area contributed by atoms with Gasteiger partial charge in [0.05, 0.1) is 0 Å². The molecule has 26 heavy (non-hydrogen) atoms. The van der Waals surface area contributed by atoms with Gasteiger partial charge in [-0.1, -0.05) is 19.4 Å². The summed E-state index contributed by atoms with van der Waals surface area (Å²) in [6.45, 7) is 4.56. The number of phenolic OH excluding ortho intramolecular Hbond substituents is 1. The summed E-state index contributed by atoms with van der Waals surface area (Å²) in [5, 5.41) is 10.4. The minimum atomic E-state index is -0.376. The molecule has 6 rings (SSSR count). The second-order valence-corrected chi connectivity index (χ2v) is 9.47. The van der Waals surface area contributed by atoms with Gasteiger partial charge in [0.25, 0.3) is 0 Å². The fourth-order valence-electron chi connectivity index (χ4n) is 7.10. The zero-order chi connectivity index (χ0) is 17.6. The minimum absolute atomic E-state index is 0.197. The second kappa shape index (κ2) is 5.03. The number of benzene rings is 1. The van der Waals surface area contributed by atoms with Gasteiger partial charge in [-0.3, -0.25) is 9.69 Å². The van der Waals surface area contributed by atoms with Gasteiger partial charge >= 0.3 is 0 Å². The van der Waals surface area contributed by atoms with Crippen LogP contribution in [0.3, 0.4) is 0 Å². The first-order valence-corrected chi connectivity index (χ1v) is 10.4. The number of rotatable bonds is 2. The van der Waals surface area contributed by atoms with Crippen LogP contribution in [0, 0.1) is 17.8 Å². The third-order valence-corrected chi connectivity index (χ3v) is 8.26. The molecule has 3 fully saturated rings. The Morgan fingerprint density at radius 1 is 1.31 bits per heavy atom. The summed E-state index contributed by atoms with van der Waals surface area (Å²) in [6, 6.07) is 4.37. The van der Waals surface area contributed by atoms with E-state index in [1.54, 1.807) is 6.07 Å². The minimum Gasteiger partial charge on any atom is -0.504 e. The number of Topliss-reactive ketones (excluding diaryl/α,β-unsaturated/α-hetero) is 1. The van der Waals surface area contributed by atoms with Crippen LogP contribution in [0.2, 0.25) is 0 Å². The standard InChI is InChI=1S/C22H27NO3/c1-12-9-17(25)21-22-7-8-23(11-13-3-2-4-13)15(18(12)22)10-14-5-6-16(24)20(26-21)19(14)22/h5-6,12-13,15,18,21,24H,2-4,7-11H2,1H3/t12?,15-,18+,21?,22+/m1/s1. The molecule has 5 atom stereocenters. The summed E-state index contributed by atoms with van der Waals surface area (Å²) in [7, 11) is 0. The Bertz CT molecular complexity index is 801. The lowest BCUT2D eigenvalue weighted by Gasteiger charge is -2.60. The number of likely N-dealkylation sites (tertiary alicyclic amines) is 1. The third kappa shape index (κ3) is 1.72. The molecule has 1 spiro atoms. The summed E-state index contributed by atoms with van der Waals surface area (Å²) in [5.74, 6) is 2.79. The molecule has 4 heteroatoms. The number of nitrogens with zero attached hydrogens (tertiary/aromatic N) is 1. The number of aromatic hydroxyl groups is 1. The van der Waals surface area contributed by atoms with Crippen molar-refractivity contribution in [1.82, 2.24) is 4.90 Å². The molecule has 3 aliphatic carbocycles. The lowest BCUT2D eigenvalue weighted by atomic mass is 9.49. The summed E-state index contributed by atoms with van der Waals surface area (Å²) in [5.41, 5.74) is 2.30. The van der Waals surface area contributed by atoms with Crippen molar-refractivity contribution >= 4 is 5.78 Å². The normalized spacial score (nSPS) is 40.7. The van der Waals surface area contributed by atoms with Gasteiger partial charge in [-0.2, -0.15) is 0 Å². The Hall–Kier alpha value is -1.55. The maximum Gasteiger partial charge on any atom is 0.174 e.